The van der Waals surface area contributed by atoms with E-state index >= 15 is 0 Å². The average Bonchev–Trinajstić information content (AvgIpc) is 3.13. The smallest absolute Gasteiger partial charge is 0.279 e. The molecule has 3 rings (SSSR count). The van der Waals surface area contributed by atoms with Gasteiger partial charge >= 0.3 is 0 Å². The van der Waals surface area contributed by atoms with E-state index in [-0.39, 0.29) is 17.9 Å². The van der Waals surface area contributed by atoms with Crippen LogP contribution in [0.15, 0.2) is 41.7 Å². The number of rotatable bonds is 7. The molecule has 0 aliphatic heterocycles. The number of amides is 1. The summed E-state index contributed by atoms with van der Waals surface area (Å²) in [5.74, 6) is 1.07. The van der Waals surface area contributed by atoms with Crippen LogP contribution in [0.4, 0.5) is 0 Å². The Morgan fingerprint density at radius 1 is 1.24 bits per heavy atom. The number of fused-ring (bicyclic) bond motifs is 1. The van der Waals surface area contributed by atoms with Gasteiger partial charge in [-0.3, -0.25) is 9.59 Å². The highest BCUT2D eigenvalue weighted by Crippen LogP contribution is 2.18. The maximum absolute atomic E-state index is 13.1. The molecule has 0 saturated heterocycles. The SMILES string of the molecule is C=CCn1c(C)c(CC(=O)NCC(C)C)c(=O)n2nc(-c3ccc(C)cc3)nc12. The molecule has 29 heavy (non-hydrogen) atoms. The molecule has 0 fully saturated rings. The fourth-order valence-corrected chi connectivity index (χ4v) is 3.13. The zero-order valence-corrected chi connectivity index (χ0v) is 17.4. The van der Waals surface area contributed by atoms with E-state index in [0.717, 1.165) is 11.1 Å². The van der Waals surface area contributed by atoms with E-state index in [4.69, 9.17) is 0 Å². The normalized spacial score (nSPS) is 11.2. The van der Waals surface area contributed by atoms with E-state index in [1.165, 1.54) is 4.52 Å². The zero-order valence-electron chi connectivity index (χ0n) is 17.4. The van der Waals surface area contributed by atoms with Crippen LogP contribution < -0.4 is 10.9 Å². The summed E-state index contributed by atoms with van der Waals surface area (Å²) in [6, 6.07) is 7.82. The van der Waals surface area contributed by atoms with Crippen LogP contribution in [-0.2, 0) is 17.8 Å². The Kier molecular flexibility index (Phi) is 5.96. The van der Waals surface area contributed by atoms with Crippen LogP contribution >= 0.6 is 0 Å². The molecule has 0 atom stereocenters. The van der Waals surface area contributed by atoms with Gasteiger partial charge in [-0.15, -0.1) is 11.7 Å². The van der Waals surface area contributed by atoms with Gasteiger partial charge in [-0.25, -0.2) is 0 Å². The Balaban J connectivity index is 2.10. The van der Waals surface area contributed by atoms with E-state index in [1.807, 2.05) is 56.5 Å². The lowest BCUT2D eigenvalue weighted by Gasteiger charge is -2.14. The molecule has 1 aromatic carbocycles. The average molecular weight is 393 g/mol. The number of aromatic nitrogens is 4. The highest BCUT2D eigenvalue weighted by atomic mass is 16.2. The molecule has 7 heteroatoms. The Hall–Kier alpha value is -3.22. The molecule has 1 amide bonds. The Bertz CT molecular complexity index is 1110. The summed E-state index contributed by atoms with van der Waals surface area (Å²) < 4.78 is 3.15. The first-order valence-electron chi connectivity index (χ1n) is 9.75. The number of hydrogen-bond acceptors (Lipinski definition) is 4. The van der Waals surface area contributed by atoms with E-state index in [2.05, 4.69) is 22.0 Å². The quantitative estimate of drug-likeness (QED) is 0.626. The maximum atomic E-state index is 13.1. The number of hydrogen-bond donors (Lipinski definition) is 1. The third-order valence-electron chi connectivity index (χ3n) is 4.79. The fraction of sp³-hybridized carbons (Fsp3) is 0.364. The molecule has 0 spiro atoms. The molecule has 3 aromatic rings. The standard InChI is InChI=1S/C22H27N5O2/c1-6-11-26-16(5)18(12-19(28)23-13-14(2)3)21(29)27-22(26)24-20(25-27)17-9-7-15(4)8-10-17/h6-10,14H,1,11-13H2,2-5H3,(H,23,28). The van der Waals surface area contributed by atoms with Gasteiger partial charge in [-0.1, -0.05) is 49.8 Å². The van der Waals surface area contributed by atoms with Crippen LogP contribution in [0.3, 0.4) is 0 Å². The number of carbonyl (C=O) groups is 1. The van der Waals surface area contributed by atoms with Crippen molar-refractivity contribution in [3.05, 3.63) is 64.1 Å². The van der Waals surface area contributed by atoms with Crippen molar-refractivity contribution >= 4 is 11.7 Å². The Labute approximate surface area is 170 Å². The summed E-state index contributed by atoms with van der Waals surface area (Å²) in [5.41, 5.74) is 2.77. The van der Waals surface area contributed by atoms with Crippen molar-refractivity contribution in [3.63, 3.8) is 0 Å². The van der Waals surface area contributed by atoms with Crippen molar-refractivity contribution in [1.82, 2.24) is 24.5 Å². The molecule has 2 aromatic heterocycles. The summed E-state index contributed by atoms with van der Waals surface area (Å²) in [6.45, 7) is 12.7. The van der Waals surface area contributed by atoms with Crippen LogP contribution in [0.5, 0.6) is 0 Å². The minimum absolute atomic E-state index is 0.00416. The highest BCUT2D eigenvalue weighted by Gasteiger charge is 2.20. The first kappa shape index (κ1) is 20.5. The molecular weight excluding hydrogens is 366 g/mol. The Morgan fingerprint density at radius 3 is 2.55 bits per heavy atom. The first-order chi connectivity index (χ1) is 13.8. The number of allylic oxidation sites excluding steroid dienone is 1. The van der Waals surface area contributed by atoms with Crippen molar-refractivity contribution in [2.45, 2.75) is 40.7 Å². The first-order valence-corrected chi connectivity index (χ1v) is 9.75. The van der Waals surface area contributed by atoms with Gasteiger partial charge in [0.1, 0.15) is 0 Å². The molecule has 0 bridgehead atoms. The van der Waals surface area contributed by atoms with Gasteiger partial charge in [0.25, 0.3) is 5.56 Å². The lowest BCUT2D eigenvalue weighted by Crippen LogP contribution is -2.33. The summed E-state index contributed by atoms with van der Waals surface area (Å²) in [4.78, 5) is 30.1. The predicted octanol–water partition coefficient (Wildman–Crippen LogP) is 2.68. The molecule has 0 unspecified atom stereocenters. The lowest BCUT2D eigenvalue weighted by atomic mass is 10.1. The topological polar surface area (TPSA) is 81.3 Å². The second-order valence-electron chi connectivity index (χ2n) is 7.66. The number of nitrogens with zero attached hydrogens (tertiary/aromatic N) is 4. The molecule has 0 saturated carbocycles. The second-order valence-corrected chi connectivity index (χ2v) is 7.66. The summed E-state index contributed by atoms with van der Waals surface area (Å²) in [7, 11) is 0. The van der Waals surface area contributed by atoms with Crippen LogP contribution in [0.1, 0.15) is 30.7 Å². The van der Waals surface area contributed by atoms with Crippen LogP contribution in [-0.4, -0.2) is 31.6 Å². The third-order valence-corrected chi connectivity index (χ3v) is 4.79. The molecule has 0 aliphatic carbocycles. The number of carbonyl (C=O) groups excluding carboxylic acids is 1. The van der Waals surface area contributed by atoms with Crippen molar-refractivity contribution in [1.29, 1.82) is 0 Å². The van der Waals surface area contributed by atoms with Gasteiger partial charge in [0, 0.05) is 29.9 Å². The number of benzene rings is 1. The van der Waals surface area contributed by atoms with Gasteiger partial charge in [0.05, 0.1) is 6.42 Å². The van der Waals surface area contributed by atoms with Gasteiger partial charge in [0.2, 0.25) is 11.7 Å². The maximum Gasteiger partial charge on any atom is 0.279 e. The third kappa shape index (κ3) is 4.29. The van der Waals surface area contributed by atoms with Crippen molar-refractivity contribution < 1.29 is 4.79 Å². The second kappa shape index (κ2) is 8.43. The van der Waals surface area contributed by atoms with Crippen LogP contribution in [0.25, 0.3) is 17.2 Å². The van der Waals surface area contributed by atoms with Crippen molar-refractivity contribution in [2.24, 2.45) is 5.92 Å². The van der Waals surface area contributed by atoms with E-state index in [9.17, 15) is 9.59 Å². The largest absolute Gasteiger partial charge is 0.356 e. The van der Waals surface area contributed by atoms with Gasteiger partial charge < -0.3 is 9.88 Å². The Morgan fingerprint density at radius 2 is 1.93 bits per heavy atom. The van der Waals surface area contributed by atoms with E-state index in [1.54, 1.807) is 6.08 Å². The number of aryl methyl sites for hydroxylation is 1. The van der Waals surface area contributed by atoms with Crippen LogP contribution in [0, 0.1) is 19.8 Å². The van der Waals surface area contributed by atoms with Gasteiger partial charge in [-0.05, 0) is 19.8 Å². The lowest BCUT2D eigenvalue weighted by molar-refractivity contribution is -0.120. The molecule has 2 heterocycles. The van der Waals surface area contributed by atoms with E-state index < -0.39 is 0 Å². The van der Waals surface area contributed by atoms with Crippen LogP contribution in [0.2, 0.25) is 0 Å². The zero-order chi connectivity index (χ0) is 21.1. The van der Waals surface area contributed by atoms with E-state index in [0.29, 0.717) is 41.9 Å². The van der Waals surface area contributed by atoms with Crippen molar-refractivity contribution in [3.8, 4) is 11.4 Å². The molecular formula is C22H27N5O2. The summed E-state index contributed by atoms with van der Waals surface area (Å²) in [6.07, 6.45) is 1.74. The van der Waals surface area contributed by atoms with Gasteiger partial charge in [-0.2, -0.15) is 9.50 Å². The fourth-order valence-electron chi connectivity index (χ4n) is 3.13. The molecule has 0 aliphatic rings. The minimum Gasteiger partial charge on any atom is -0.356 e. The van der Waals surface area contributed by atoms with Crippen molar-refractivity contribution in [2.75, 3.05) is 6.54 Å². The highest BCUT2D eigenvalue weighted by molar-refractivity contribution is 5.78. The number of nitrogens with one attached hydrogen (secondary N) is 1. The molecule has 0 radical (unpaired) electrons. The summed E-state index contributed by atoms with van der Waals surface area (Å²) in [5, 5.41) is 7.31. The monoisotopic (exact) mass is 393 g/mol. The summed E-state index contributed by atoms with van der Waals surface area (Å²) >= 11 is 0. The molecule has 7 nitrogen and oxygen atoms in total. The minimum atomic E-state index is -0.316. The molecule has 152 valence electrons. The van der Waals surface area contributed by atoms with Gasteiger partial charge in [0.15, 0.2) is 5.82 Å². The molecule has 1 N–H and O–H groups in total. The predicted molar refractivity (Wildman–Crippen MR) is 114 cm³/mol.